The molecule has 0 aliphatic heterocycles. The Labute approximate surface area is 162 Å². The Morgan fingerprint density at radius 1 is 1.07 bits per heavy atom. The summed E-state index contributed by atoms with van der Waals surface area (Å²) in [5.41, 5.74) is 2.20. The van der Waals surface area contributed by atoms with Crippen LogP contribution in [-0.2, 0) is 33.5 Å². The average molecular weight is 403 g/mol. The molecule has 140 valence electrons. The zero-order valence-corrected chi connectivity index (χ0v) is 15.6. The Balaban J connectivity index is 1.71. The van der Waals surface area contributed by atoms with Gasteiger partial charge in [-0.15, -0.1) is 0 Å². The molecule has 0 saturated heterocycles. The molecule has 2 aromatic carbocycles. The van der Waals surface area contributed by atoms with Gasteiger partial charge < -0.3 is 9.29 Å². The Morgan fingerprint density at radius 3 is 2.41 bits per heavy atom. The van der Waals surface area contributed by atoms with E-state index in [1.165, 1.54) is 0 Å². The van der Waals surface area contributed by atoms with Crippen molar-refractivity contribution in [3.05, 3.63) is 71.1 Å². The fourth-order valence-corrected chi connectivity index (χ4v) is 3.44. The number of rotatable bonds is 7. The number of aromatic nitrogens is 1. The molecule has 1 heterocycles. The predicted molar refractivity (Wildman–Crippen MR) is 102 cm³/mol. The first kappa shape index (κ1) is 19.2. The van der Waals surface area contributed by atoms with E-state index in [1.807, 2.05) is 60.7 Å². The highest BCUT2D eigenvalue weighted by Crippen LogP contribution is 2.32. The maximum atomic E-state index is 12.0. The third-order valence-corrected chi connectivity index (χ3v) is 4.71. The van der Waals surface area contributed by atoms with E-state index in [0.717, 1.165) is 22.5 Å². The first-order valence-corrected chi connectivity index (χ1v) is 9.69. The molecule has 1 amide bonds. The fraction of sp³-hybridized carbons (Fsp3) is 0.111. The van der Waals surface area contributed by atoms with Crippen molar-refractivity contribution in [3.8, 4) is 11.3 Å². The predicted octanol–water partition coefficient (Wildman–Crippen LogP) is 3.87. The van der Waals surface area contributed by atoms with Crippen LogP contribution in [0.5, 0.6) is 0 Å². The summed E-state index contributed by atoms with van der Waals surface area (Å²) in [4.78, 5) is 17.0. The smallest absolute Gasteiger partial charge is 0.413 e. The summed E-state index contributed by atoms with van der Waals surface area (Å²) >= 11 is -1.51. The first-order valence-electron chi connectivity index (χ1n) is 7.87. The number of amides is 1. The SMILES string of the molecule is O=C(Nc1nc(-c2ccccc2)c(COS(=O)[O-])s1)OCc1ccccc1. The van der Waals surface area contributed by atoms with Crippen LogP contribution in [0.3, 0.4) is 0 Å². The normalized spacial score (nSPS) is 11.7. The molecule has 3 aromatic rings. The lowest BCUT2D eigenvalue weighted by atomic mass is 10.1. The largest absolute Gasteiger partial charge is 0.750 e. The fourth-order valence-electron chi connectivity index (χ4n) is 2.27. The molecular weight excluding hydrogens is 388 g/mol. The number of anilines is 1. The molecule has 0 fully saturated rings. The van der Waals surface area contributed by atoms with Crippen molar-refractivity contribution in [2.24, 2.45) is 0 Å². The van der Waals surface area contributed by atoms with Crippen molar-refractivity contribution in [2.75, 3.05) is 5.32 Å². The number of thiazole rings is 1. The van der Waals surface area contributed by atoms with Crippen LogP contribution in [0.15, 0.2) is 60.7 Å². The maximum absolute atomic E-state index is 12.0. The van der Waals surface area contributed by atoms with Crippen LogP contribution < -0.4 is 5.32 Å². The van der Waals surface area contributed by atoms with E-state index in [0.29, 0.717) is 15.7 Å². The third kappa shape index (κ3) is 5.69. The second-order valence-electron chi connectivity index (χ2n) is 5.31. The van der Waals surface area contributed by atoms with Gasteiger partial charge in [-0.05, 0) is 5.56 Å². The van der Waals surface area contributed by atoms with Gasteiger partial charge in [-0.25, -0.2) is 14.0 Å². The van der Waals surface area contributed by atoms with Crippen molar-refractivity contribution in [1.82, 2.24) is 4.98 Å². The monoisotopic (exact) mass is 403 g/mol. The van der Waals surface area contributed by atoms with Crippen molar-refractivity contribution >= 4 is 33.9 Å². The molecule has 0 bridgehead atoms. The van der Waals surface area contributed by atoms with Crippen LogP contribution in [0.25, 0.3) is 11.3 Å². The number of hydrogen-bond acceptors (Lipinski definition) is 7. The second-order valence-corrected chi connectivity index (χ2v) is 7.04. The third-order valence-electron chi connectivity index (χ3n) is 3.45. The molecule has 0 aliphatic carbocycles. The lowest BCUT2D eigenvalue weighted by Gasteiger charge is -2.05. The van der Waals surface area contributed by atoms with E-state index in [2.05, 4.69) is 14.5 Å². The molecule has 7 nitrogen and oxygen atoms in total. The van der Waals surface area contributed by atoms with Gasteiger partial charge >= 0.3 is 6.09 Å². The van der Waals surface area contributed by atoms with Crippen molar-refractivity contribution in [2.45, 2.75) is 13.2 Å². The molecule has 0 spiro atoms. The van der Waals surface area contributed by atoms with Gasteiger partial charge in [0.15, 0.2) is 5.13 Å². The minimum Gasteiger partial charge on any atom is -0.750 e. The van der Waals surface area contributed by atoms with Gasteiger partial charge in [0, 0.05) is 5.56 Å². The zero-order valence-electron chi connectivity index (χ0n) is 14.0. The van der Waals surface area contributed by atoms with E-state index < -0.39 is 17.5 Å². The molecule has 0 aliphatic rings. The quantitative estimate of drug-likeness (QED) is 0.601. The van der Waals surface area contributed by atoms with Gasteiger partial charge in [0.25, 0.3) is 0 Å². The number of nitrogens with one attached hydrogen (secondary N) is 1. The molecule has 0 radical (unpaired) electrons. The Kier molecular flexibility index (Phi) is 6.66. The number of carbonyl (C=O) groups is 1. The van der Waals surface area contributed by atoms with E-state index in [4.69, 9.17) is 4.74 Å². The van der Waals surface area contributed by atoms with Crippen molar-refractivity contribution in [1.29, 1.82) is 0 Å². The molecule has 9 heteroatoms. The van der Waals surface area contributed by atoms with Crippen molar-refractivity contribution < 1.29 is 22.5 Å². The van der Waals surface area contributed by atoms with E-state index in [-0.39, 0.29) is 13.2 Å². The summed E-state index contributed by atoms with van der Waals surface area (Å²) in [7, 11) is 0. The van der Waals surface area contributed by atoms with Crippen molar-refractivity contribution in [3.63, 3.8) is 0 Å². The van der Waals surface area contributed by atoms with Gasteiger partial charge in [-0.2, -0.15) is 0 Å². The standard InChI is InChI=1S/C18H16N2O5S2/c21-18(24-11-13-7-3-1-4-8-13)20-17-19-16(14-9-5-2-6-10-14)15(26-17)12-25-27(22)23/h1-10H,11-12H2,(H,22,23)(H,19,20,21)/p-1. The van der Waals surface area contributed by atoms with E-state index in [9.17, 15) is 13.6 Å². The lowest BCUT2D eigenvalue weighted by Crippen LogP contribution is -2.13. The van der Waals surface area contributed by atoms with Gasteiger partial charge in [0.1, 0.15) is 6.61 Å². The first-order chi connectivity index (χ1) is 13.1. The Hall–Kier alpha value is -2.59. The van der Waals surface area contributed by atoms with E-state index >= 15 is 0 Å². The minimum atomic E-state index is -2.64. The number of ether oxygens (including phenoxy) is 1. The Morgan fingerprint density at radius 2 is 1.74 bits per heavy atom. The molecular formula is C18H15N2O5S2-. The summed E-state index contributed by atoms with van der Waals surface area (Å²) in [6.07, 6.45) is -0.646. The summed E-state index contributed by atoms with van der Waals surface area (Å²) < 4.78 is 31.2. The zero-order chi connectivity index (χ0) is 19.1. The molecule has 0 saturated carbocycles. The topological polar surface area (TPSA) is 101 Å². The van der Waals surface area contributed by atoms with Gasteiger partial charge in [0.2, 0.25) is 0 Å². The highest BCUT2D eigenvalue weighted by atomic mass is 32.2. The van der Waals surface area contributed by atoms with Crippen LogP contribution in [0.1, 0.15) is 10.4 Å². The number of hydrogen-bond donors (Lipinski definition) is 1. The number of benzene rings is 2. The maximum Gasteiger partial charge on any atom is 0.413 e. The molecule has 1 N–H and O–H groups in total. The van der Waals surface area contributed by atoms with Gasteiger partial charge in [-0.3, -0.25) is 9.50 Å². The molecule has 1 unspecified atom stereocenters. The summed E-state index contributed by atoms with van der Waals surface area (Å²) in [6, 6.07) is 18.5. The van der Waals surface area contributed by atoms with Crippen LogP contribution in [0.4, 0.5) is 9.93 Å². The summed E-state index contributed by atoms with van der Waals surface area (Å²) in [5, 5.41) is 2.86. The van der Waals surface area contributed by atoms with Crippen LogP contribution in [-0.4, -0.2) is 19.8 Å². The summed E-state index contributed by atoms with van der Waals surface area (Å²) in [6.45, 7) is -0.0343. The second kappa shape index (κ2) is 9.38. The molecule has 1 aromatic heterocycles. The van der Waals surface area contributed by atoms with Gasteiger partial charge in [-0.1, -0.05) is 72.0 Å². The molecule has 1 atom stereocenters. The lowest BCUT2D eigenvalue weighted by molar-refractivity contribution is 0.155. The average Bonchev–Trinajstić information content (AvgIpc) is 3.09. The minimum absolute atomic E-state index is 0.134. The van der Waals surface area contributed by atoms with Crippen LogP contribution >= 0.6 is 11.3 Å². The van der Waals surface area contributed by atoms with Crippen LogP contribution in [0.2, 0.25) is 0 Å². The number of carbonyl (C=O) groups excluding carboxylic acids is 1. The highest BCUT2D eigenvalue weighted by Gasteiger charge is 2.16. The number of nitrogens with zero attached hydrogens (tertiary/aromatic N) is 1. The van der Waals surface area contributed by atoms with Gasteiger partial charge in [0.05, 0.1) is 28.5 Å². The molecule has 3 rings (SSSR count). The van der Waals surface area contributed by atoms with E-state index in [1.54, 1.807) is 0 Å². The molecule has 27 heavy (non-hydrogen) atoms. The summed E-state index contributed by atoms with van der Waals surface area (Å²) in [5.74, 6) is 0. The highest BCUT2D eigenvalue weighted by molar-refractivity contribution is 7.74. The Bertz CT molecular complexity index is 916. The van der Waals surface area contributed by atoms with Crippen LogP contribution in [0, 0.1) is 0 Å².